The summed E-state index contributed by atoms with van der Waals surface area (Å²) in [6.45, 7) is 0. The largest absolute Gasteiger partial charge is 0.451 e. The van der Waals surface area contributed by atoms with Crippen molar-refractivity contribution in [1.82, 2.24) is 0 Å². The van der Waals surface area contributed by atoms with E-state index in [0.717, 1.165) is 0 Å². The van der Waals surface area contributed by atoms with Crippen LogP contribution < -0.4 is 0 Å². The minimum Gasteiger partial charge on any atom is -0.451 e. The average Bonchev–Trinajstić information content (AvgIpc) is 1.38. The van der Waals surface area contributed by atoms with Gasteiger partial charge in [-0.05, 0) is 0 Å². The monoisotopic (exact) mass is 197 g/mol. The van der Waals surface area contributed by atoms with Crippen LogP contribution in [0.25, 0.3) is 0 Å². The molecule has 0 aliphatic rings. The molecule has 0 aromatic rings. The first-order valence-corrected chi connectivity index (χ1v) is 1.93. The summed E-state index contributed by atoms with van der Waals surface area (Å²) in [4.78, 5) is 0. The molecule has 0 rings (SSSR count). The molecule has 0 atom stereocenters. The number of hydrogen-bond donors (Lipinski definition) is 0. The Morgan fingerprint density at radius 2 is 1.57 bits per heavy atom. The van der Waals surface area contributed by atoms with E-state index in [0.29, 0.717) is 0 Å². The molecule has 0 aromatic heterocycles. The molecule has 0 N–H and O–H groups in total. The van der Waals surface area contributed by atoms with Crippen molar-refractivity contribution in [1.29, 1.82) is 0 Å². The van der Waals surface area contributed by atoms with Crippen LogP contribution >= 0.6 is 7.91 Å². The van der Waals surface area contributed by atoms with Crippen molar-refractivity contribution < 1.29 is 46.4 Å². The van der Waals surface area contributed by atoms with E-state index in [1.165, 1.54) is 0 Å². The van der Waals surface area contributed by atoms with Gasteiger partial charge in [0.2, 0.25) is 0 Å². The second-order valence-corrected chi connectivity index (χ2v) is 1.06. The summed E-state index contributed by atoms with van der Waals surface area (Å²) in [5, 5.41) is 0. The fourth-order valence-electron chi connectivity index (χ4n) is 0. The summed E-state index contributed by atoms with van der Waals surface area (Å²) in [5.41, 5.74) is 0. The first-order valence-electron chi connectivity index (χ1n) is 0.836. The predicted octanol–water partition coefficient (Wildman–Crippen LogP) is 1.33. The van der Waals surface area contributed by atoms with Crippen LogP contribution in [0.3, 0.4) is 0 Å². The molecule has 0 aliphatic heterocycles. The van der Waals surface area contributed by atoms with E-state index in [2.05, 4.69) is 11.6 Å². The normalized spacial score (nSPS) is 5.29. The Kier molecular flexibility index (Phi) is 22.5. The summed E-state index contributed by atoms with van der Waals surface area (Å²) >= 11 is 0. The van der Waals surface area contributed by atoms with Crippen molar-refractivity contribution in [3.63, 3.8) is 0 Å². The van der Waals surface area contributed by atoms with Gasteiger partial charge in [-0.2, -0.15) is 0 Å². The number of rotatable bonds is 1. The molecule has 5 heteroatoms. The summed E-state index contributed by atoms with van der Waals surface area (Å²) < 4.78 is 21.7. The Balaban J connectivity index is -0.0000000800. The van der Waals surface area contributed by atoms with Gasteiger partial charge in [-0.3, -0.25) is 0 Å². The van der Waals surface area contributed by atoms with Gasteiger partial charge in [-0.25, -0.2) is 16.2 Å². The van der Waals surface area contributed by atoms with E-state index >= 15 is 0 Å². The van der Waals surface area contributed by atoms with Gasteiger partial charge in [0, 0.05) is 32.7 Å². The van der Waals surface area contributed by atoms with Crippen molar-refractivity contribution in [2.24, 2.45) is 0 Å². The van der Waals surface area contributed by atoms with E-state index in [4.69, 9.17) is 9.13 Å². The standard InChI is InChI=1S/CH2O3P.CH3.Y/c1-4-5(2)3;;/h1H2;1H3;/q2*-1;. The van der Waals surface area contributed by atoms with Gasteiger partial charge in [0.15, 0.2) is 0 Å². The smallest absolute Gasteiger partial charge is 0.436 e. The molecule has 41 valence electrons. The SMILES string of the molecule is [CH2-]OP(=O)=O.[CH3-].[Y]. The maximum Gasteiger partial charge on any atom is 0.436 e. The van der Waals surface area contributed by atoms with Gasteiger partial charge in [-0.1, -0.05) is 0 Å². The van der Waals surface area contributed by atoms with E-state index in [1.807, 2.05) is 0 Å². The van der Waals surface area contributed by atoms with Gasteiger partial charge < -0.3 is 12.0 Å². The van der Waals surface area contributed by atoms with Gasteiger partial charge in [0.1, 0.15) is 0 Å². The van der Waals surface area contributed by atoms with Crippen LogP contribution in [0.15, 0.2) is 0 Å². The van der Waals surface area contributed by atoms with Crippen LogP contribution in [-0.2, 0) is 46.4 Å². The van der Waals surface area contributed by atoms with E-state index in [-0.39, 0.29) is 40.1 Å². The van der Waals surface area contributed by atoms with E-state index in [9.17, 15) is 0 Å². The molecule has 0 saturated carbocycles. The fraction of sp³-hybridized carbons (Fsp3) is 0. The van der Waals surface area contributed by atoms with Gasteiger partial charge in [0.05, 0.1) is 0 Å². The maximum atomic E-state index is 9.12. The van der Waals surface area contributed by atoms with Crippen LogP contribution in [0.2, 0.25) is 0 Å². The van der Waals surface area contributed by atoms with E-state index in [1.54, 1.807) is 0 Å². The summed E-state index contributed by atoms with van der Waals surface area (Å²) in [6.07, 6.45) is 0. The van der Waals surface area contributed by atoms with Gasteiger partial charge >= 0.3 is 7.91 Å². The molecular formula is C2H5O3PY-2. The summed E-state index contributed by atoms with van der Waals surface area (Å²) in [6, 6.07) is 0. The minimum atomic E-state index is -2.71. The molecule has 0 fully saturated rings. The van der Waals surface area contributed by atoms with Crippen LogP contribution in [0.4, 0.5) is 0 Å². The molecule has 7 heavy (non-hydrogen) atoms. The summed E-state index contributed by atoms with van der Waals surface area (Å²) in [7, 11) is -0.120. The third-order valence-electron chi connectivity index (χ3n) is 0.105. The Hall–Kier alpha value is 0.964. The predicted molar refractivity (Wildman–Crippen MR) is 21.1 cm³/mol. The van der Waals surface area contributed by atoms with Crippen molar-refractivity contribution in [3.05, 3.63) is 14.5 Å². The second-order valence-electron chi connectivity index (χ2n) is 0.353. The zero-order chi connectivity index (χ0) is 4.28. The van der Waals surface area contributed by atoms with E-state index < -0.39 is 7.91 Å². The Bertz CT molecular complexity index is 71.0. The second kappa shape index (κ2) is 10.1. The molecule has 3 nitrogen and oxygen atoms in total. The van der Waals surface area contributed by atoms with Crippen molar-refractivity contribution in [2.75, 3.05) is 0 Å². The Labute approximate surface area is 68.6 Å². The van der Waals surface area contributed by atoms with Crippen LogP contribution in [0.5, 0.6) is 0 Å². The molecule has 0 aliphatic carbocycles. The van der Waals surface area contributed by atoms with Crippen molar-refractivity contribution >= 4 is 7.91 Å². The number of hydrogen-bond acceptors (Lipinski definition) is 3. The molecule has 1 radical (unpaired) electrons. The summed E-state index contributed by atoms with van der Waals surface area (Å²) in [5.74, 6) is 0. The van der Waals surface area contributed by atoms with Crippen LogP contribution in [0.1, 0.15) is 0 Å². The molecule has 0 amide bonds. The topological polar surface area (TPSA) is 43.4 Å². The van der Waals surface area contributed by atoms with Crippen LogP contribution in [-0.4, -0.2) is 0 Å². The molecular weight excluding hydrogens is 192 g/mol. The molecule has 0 heterocycles. The van der Waals surface area contributed by atoms with Crippen LogP contribution in [0, 0.1) is 14.5 Å². The molecule has 0 unspecified atom stereocenters. The quantitative estimate of drug-likeness (QED) is 0.470. The third-order valence-corrected chi connectivity index (χ3v) is 0.316. The Morgan fingerprint density at radius 3 is 1.57 bits per heavy atom. The minimum absolute atomic E-state index is 0. The first-order chi connectivity index (χ1) is 2.27. The molecule has 0 saturated heterocycles. The average molecular weight is 197 g/mol. The molecule has 0 aromatic carbocycles. The maximum absolute atomic E-state index is 9.12. The third kappa shape index (κ3) is 19.5. The molecule has 0 bridgehead atoms. The molecule has 0 spiro atoms. The van der Waals surface area contributed by atoms with Crippen molar-refractivity contribution in [2.45, 2.75) is 0 Å². The van der Waals surface area contributed by atoms with Crippen molar-refractivity contribution in [3.8, 4) is 0 Å². The Morgan fingerprint density at radius 1 is 1.43 bits per heavy atom. The van der Waals surface area contributed by atoms with Gasteiger partial charge in [-0.15, -0.1) is 0 Å². The zero-order valence-corrected chi connectivity index (χ0v) is 7.69. The first kappa shape index (κ1) is 15.7. The zero-order valence-electron chi connectivity index (χ0n) is 3.96. The fourth-order valence-corrected chi connectivity index (χ4v) is 0. The van der Waals surface area contributed by atoms with Gasteiger partial charge in [0.25, 0.3) is 0 Å².